The summed E-state index contributed by atoms with van der Waals surface area (Å²) >= 11 is 0. The molecule has 0 aromatic heterocycles. The highest BCUT2D eigenvalue weighted by Gasteiger charge is 2.40. The normalized spacial score (nSPS) is 21.7. The van der Waals surface area contributed by atoms with Crippen molar-refractivity contribution in [3.05, 3.63) is 0 Å². The molecule has 0 saturated heterocycles. The van der Waals surface area contributed by atoms with Gasteiger partial charge in [-0.2, -0.15) is 0 Å². The second-order valence-electron chi connectivity index (χ2n) is 7.49. The summed E-state index contributed by atoms with van der Waals surface area (Å²) in [6.45, 7) is 5.69. The first kappa shape index (κ1) is 16.3. The number of rotatable bonds is 5. The van der Waals surface area contributed by atoms with E-state index in [4.69, 9.17) is 4.74 Å². The summed E-state index contributed by atoms with van der Waals surface area (Å²) in [6, 6.07) is 0.301. The van der Waals surface area contributed by atoms with Gasteiger partial charge in [0.15, 0.2) is 0 Å². The minimum atomic E-state index is -0.486. The SMILES string of the molecule is CC(C)(C)OC(=O)N(C1CCC1)C(CC=O)C1CCCC1. The minimum Gasteiger partial charge on any atom is -0.444 e. The molecule has 2 aliphatic carbocycles. The fourth-order valence-electron chi connectivity index (χ4n) is 3.51. The highest BCUT2D eigenvalue weighted by molar-refractivity contribution is 5.70. The van der Waals surface area contributed by atoms with Crippen LogP contribution in [0, 0.1) is 5.92 Å². The Morgan fingerprint density at radius 2 is 1.81 bits per heavy atom. The summed E-state index contributed by atoms with van der Waals surface area (Å²) in [7, 11) is 0. The molecular formula is C17H29NO3. The molecule has 0 bridgehead atoms. The molecule has 1 unspecified atom stereocenters. The summed E-state index contributed by atoms with van der Waals surface area (Å²) in [5, 5.41) is 0. The first-order chi connectivity index (χ1) is 9.92. The van der Waals surface area contributed by atoms with Crippen LogP contribution in [0.1, 0.15) is 72.1 Å². The number of aldehydes is 1. The molecule has 1 amide bonds. The van der Waals surface area contributed by atoms with Gasteiger partial charge in [0.25, 0.3) is 0 Å². The van der Waals surface area contributed by atoms with E-state index >= 15 is 0 Å². The minimum absolute atomic E-state index is 0.0325. The molecule has 0 aliphatic heterocycles. The Kier molecular flexibility index (Phi) is 5.28. The zero-order valence-electron chi connectivity index (χ0n) is 13.6. The third-order valence-corrected chi connectivity index (χ3v) is 4.71. The maximum Gasteiger partial charge on any atom is 0.410 e. The number of hydrogen-bond acceptors (Lipinski definition) is 3. The Hall–Kier alpha value is -1.06. The van der Waals surface area contributed by atoms with Crippen LogP contribution >= 0.6 is 0 Å². The Morgan fingerprint density at radius 1 is 1.19 bits per heavy atom. The second-order valence-corrected chi connectivity index (χ2v) is 7.49. The second kappa shape index (κ2) is 6.80. The number of carbonyl (C=O) groups is 2. The zero-order chi connectivity index (χ0) is 15.5. The van der Waals surface area contributed by atoms with E-state index in [1.807, 2.05) is 25.7 Å². The van der Waals surface area contributed by atoms with Crippen LogP contribution < -0.4 is 0 Å². The van der Waals surface area contributed by atoms with Crippen LogP contribution in [0.4, 0.5) is 4.79 Å². The van der Waals surface area contributed by atoms with Gasteiger partial charge in [0.2, 0.25) is 0 Å². The van der Waals surface area contributed by atoms with E-state index in [2.05, 4.69) is 0 Å². The summed E-state index contributed by atoms with van der Waals surface area (Å²) in [4.78, 5) is 25.7. The van der Waals surface area contributed by atoms with Crippen molar-refractivity contribution >= 4 is 12.4 Å². The molecule has 2 fully saturated rings. The quantitative estimate of drug-likeness (QED) is 0.722. The van der Waals surface area contributed by atoms with Gasteiger partial charge in [0.05, 0.1) is 0 Å². The molecule has 0 aromatic rings. The lowest BCUT2D eigenvalue weighted by Gasteiger charge is -2.44. The fourth-order valence-corrected chi connectivity index (χ4v) is 3.51. The van der Waals surface area contributed by atoms with Crippen molar-refractivity contribution in [2.75, 3.05) is 0 Å². The van der Waals surface area contributed by atoms with Crippen LogP contribution in [0.5, 0.6) is 0 Å². The molecule has 0 N–H and O–H groups in total. The van der Waals surface area contributed by atoms with Crippen LogP contribution in [-0.2, 0) is 9.53 Å². The maximum absolute atomic E-state index is 12.7. The summed E-state index contributed by atoms with van der Waals surface area (Å²) < 4.78 is 5.61. The van der Waals surface area contributed by atoms with Gasteiger partial charge in [0, 0.05) is 18.5 Å². The Bertz CT molecular complexity index is 365. The van der Waals surface area contributed by atoms with Gasteiger partial charge >= 0.3 is 6.09 Å². The smallest absolute Gasteiger partial charge is 0.410 e. The van der Waals surface area contributed by atoms with Crippen molar-refractivity contribution in [3.8, 4) is 0 Å². The highest BCUT2D eigenvalue weighted by Crippen LogP contribution is 2.37. The van der Waals surface area contributed by atoms with E-state index in [9.17, 15) is 9.59 Å². The molecule has 1 atom stereocenters. The molecule has 2 aliphatic rings. The van der Waals surface area contributed by atoms with Gasteiger partial charge in [-0.25, -0.2) is 4.79 Å². The van der Waals surface area contributed by atoms with Gasteiger partial charge in [-0.05, 0) is 58.8 Å². The van der Waals surface area contributed by atoms with Gasteiger partial charge < -0.3 is 14.4 Å². The average molecular weight is 295 g/mol. The van der Waals surface area contributed by atoms with Gasteiger partial charge in [-0.15, -0.1) is 0 Å². The lowest BCUT2D eigenvalue weighted by Crippen LogP contribution is -2.54. The molecule has 0 heterocycles. The largest absolute Gasteiger partial charge is 0.444 e. The Morgan fingerprint density at radius 3 is 2.24 bits per heavy atom. The first-order valence-corrected chi connectivity index (χ1v) is 8.37. The molecule has 120 valence electrons. The number of nitrogens with zero attached hydrogens (tertiary/aromatic N) is 1. The summed E-state index contributed by atoms with van der Waals surface area (Å²) in [6.07, 6.45) is 9.13. The molecule has 4 heteroatoms. The third kappa shape index (κ3) is 4.21. The molecule has 21 heavy (non-hydrogen) atoms. The van der Waals surface area contributed by atoms with Crippen LogP contribution in [0.3, 0.4) is 0 Å². The molecular weight excluding hydrogens is 266 g/mol. The van der Waals surface area contributed by atoms with Crippen molar-refractivity contribution in [2.24, 2.45) is 5.92 Å². The van der Waals surface area contributed by atoms with Crippen molar-refractivity contribution in [3.63, 3.8) is 0 Å². The molecule has 0 spiro atoms. The van der Waals surface area contributed by atoms with E-state index in [-0.39, 0.29) is 18.2 Å². The van der Waals surface area contributed by atoms with Gasteiger partial charge in [-0.1, -0.05) is 12.8 Å². The van der Waals surface area contributed by atoms with Crippen LogP contribution in [0.2, 0.25) is 0 Å². The zero-order valence-corrected chi connectivity index (χ0v) is 13.6. The van der Waals surface area contributed by atoms with E-state index < -0.39 is 5.60 Å². The molecule has 0 radical (unpaired) electrons. The third-order valence-electron chi connectivity index (χ3n) is 4.71. The first-order valence-electron chi connectivity index (χ1n) is 8.37. The molecule has 0 aromatic carbocycles. The Labute approximate surface area is 128 Å². The lowest BCUT2D eigenvalue weighted by molar-refractivity contribution is -0.109. The topological polar surface area (TPSA) is 46.6 Å². The number of ether oxygens (including phenoxy) is 1. The van der Waals surface area contributed by atoms with Crippen LogP contribution in [0.25, 0.3) is 0 Å². The van der Waals surface area contributed by atoms with E-state index in [0.29, 0.717) is 12.3 Å². The standard InChI is InChI=1S/C17H29NO3/c1-17(2,3)21-16(20)18(14-9-6-10-14)15(11-12-19)13-7-4-5-8-13/h12-15H,4-11H2,1-3H3. The van der Waals surface area contributed by atoms with Crippen molar-refractivity contribution in [1.29, 1.82) is 0 Å². The van der Waals surface area contributed by atoms with Gasteiger partial charge in [-0.3, -0.25) is 0 Å². The average Bonchev–Trinajstić information content (AvgIpc) is 2.82. The molecule has 2 saturated carbocycles. The number of carbonyl (C=O) groups excluding carboxylic acids is 2. The summed E-state index contributed by atoms with van der Waals surface area (Å²) in [5.74, 6) is 0.461. The van der Waals surface area contributed by atoms with E-state index in [1.54, 1.807) is 0 Å². The lowest BCUT2D eigenvalue weighted by atomic mass is 9.86. The highest BCUT2D eigenvalue weighted by atomic mass is 16.6. The number of hydrogen-bond donors (Lipinski definition) is 0. The predicted octanol–water partition coefficient (Wildman–Crippen LogP) is 3.92. The molecule has 2 rings (SSSR count). The van der Waals surface area contributed by atoms with Gasteiger partial charge in [0.1, 0.15) is 11.9 Å². The Balaban J connectivity index is 2.15. The molecule has 4 nitrogen and oxygen atoms in total. The predicted molar refractivity (Wildman–Crippen MR) is 82.1 cm³/mol. The maximum atomic E-state index is 12.7. The summed E-state index contributed by atoms with van der Waals surface area (Å²) in [5.41, 5.74) is -0.486. The van der Waals surface area contributed by atoms with E-state index in [1.165, 1.54) is 19.3 Å². The van der Waals surface area contributed by atoms with Crippen molar-refractivity contribution in [1.82, 2.24) is 4.90 Å². The monoisotopic (exact) mass is 295 g/mol. The van der Waals surface area contributed by atoms with E-state index in [0.717, 1.165) is 32.0 Å². The van der Waals surface area contributed by atoms with Crippen LogP contribution in [-0.4, -0.2) is 35.0 Å². The van der Waals surface area contributed by atoms with Crippen molar-refractivity contribution in [2.45, 2.75) is 89.8 Å². The van der Waals surface area contributed by atoms with Crippen molar-refractivity contribution < 1.29 is 14.3 Å². The van der Waals surface area contributed by atoms with Crippen LogP contribution in [0.15, 0.2) is 0 Å². The fraction of sp³-hybridized carbons (Fsp3) is 0.882. The number of amides is 1.